The van der Waals surface area contributed by atoms with Crippen LogP contribution < -0.4 is 31.1 Å². The monoisotopic (exact) mass is 1070 g/mol. The molecule has 0 N–H and O–H groups in total. The fourth-order valence-electron chi connectivity index (χ4n) is 14.9. The quantitative estimate of drug-likeness (QED) is 0.154. The zero-order valence-electron chi connectivity index (χ0n) is 51.2. The van der Waals surface area contributed by atoms with Gasteiger partial charge in [-0.3, -0.25) is 0 Å². The van der Waals surface area contributed by atoms with E-state index in [9.17, 15) is 0 Å². The topological polar surface area (TPSA) is 9.72 Å². The lowest BCUT2D eigenvalue weighted by atomic mass is 9.33. The molecule has 2 atom stereocenters. The Morgan fingerprint density at radius 2 is 0.915 bits per heavy atom. The smallest absolute Gasteiger partial charge is 0.252 e. The summed E-state index contributed by atoms with van der Waals surface area (Å²) in [6.45, 7) is 32.9. The van der Waals surface area contributed by atoms with Gasteiger partial charge in [-0.2, -0.15) is 0 Å². The van der Waals surface area contributed by atoms with Gasteiger partial charge in [-0.05, 0) is 181 Å². The fraction of sp³-hybridized carbons (Fsp3) is 0.308. The molecule has 3 nitrogen and oxygen atoms in total. The summed E-state index contributed by atoms with van der Waals surface area (Å²) < 4.78 is 0. The lowest BCUT2D eigenvalue weighted by Crippen LogP contribution is -2.61. The summed E-state index contributed by atoms with van der Waals surface area (Å²) in [7, 11) is 0. The molecule has 0 bridgehead atoms. The predicted octanol–water partition coefficient (Wildman–Crippen LogP) is 19.4. The van der Waals surface area contributed by atoms with Crippen molar-refractivity contribution in [3.8, 4) is 22.3 Å². The van der Waals surface area contributed by atoms with Crippen LogP contribution in [0.4, 0.5) is 45.5 Å². The molecule has 3 heterocycles. The number of hydrogen-bond donors (Lipinski definition) is 0. The highest BCUT2D eigenvalue weighted by atomic mass is 15.3. The van der Waals surface area contributed by atoms with Gasteiger partial charge in [-0.15, -0.1) is 0 Å². The molecule has 13 rings (SSSR count). The van der Waals surface area contributed by atoms with Crippen LogP contribution in [0.1, 0.15) is 155 Å². The third kappa shape index (κ3) is 8.51. The first kappa shape index (κ1) is 53.7. The highest BCUT2D eigenvalue weighted by Gasteiger charge is 2.61. The third-order valence-electron chi connectivity index (χ3n) is 19.4. The van der Waals surface area contributed by atoms with Gasteiger partial charge in [0.2, 0.25) is 0 Å². The summed E-state index contributed by atoms with van der Waals surface area (Å²) in [4.78, 5) is 8.08. The molecule has 82 heavy (non-hydrogen) atoms. The molecule has 1 saturated carbocycles. The van der Waals surface area contributed by atoms with E-state index in [0.717, 1.165) is 12.8 Å². The highest BCUT2D eigenvalue weighted by molar-refractivity contribution is 7.00. The Balaban J connectivity index is 1.09. The van der Waals surface area contributed by atoms with Gasteiger partial charge in [0.25, 0.3) is 6.71 Å². The summed E-state index contributed by atoms with van der Waals surface area (Å²) in [6, 6.07) is 76.1. The maximum absolute atomic E-state index is 2.82. The number of rotatable bonds is 6. The normalized spacial score (nSPS) is 18.4. The SMILES string of the molecule is Cc1cc2c3c(c1)N(c1ccc(C(C)(C)C)cc1-c1ccccc1)c1ccc(-c4ccccc4)cc1B3c1ccc(N3c4ccc(C(C)(C)C)cc4C4(c5ccc(C(C)(C)C)cc5)CCCCC34C)cc1N2c1ccc(C(C)(C)C)cc1. The molecule has 1 aliphatic carbocycles. The number of fused-ring (bicyclic) bond motifs is 7. The van der Waals surface area contributed by atoms with Gasteiger partial charge in [-0.1, -0.05) is 229 Å². The van der Waals surface area contributed by atoms with E-state index >= 15 is 0 Å². The van der Waals surface area contributed by atoms with E-state index < -0.39 is 0 Å². The van der Waals surface area contributed by atoms with Crippen molar-refractivity contribution in [2.75, 3.05) is 14.7 Å². The molecule has 0 amide bonds. The van der Waals surface area contributed by atoms with Crippen LogP contribution in [0.2, 0.25) is 0 Å². The van der Waals surface area contributed by atoms with E-state index in [2.05, 4.69) is 306 Å². The van der Waals surface area contributed by atoms with E-state index in [0.29, 0.717) is 0 Å². The number of hydrogen-bond acceptors (Lipinski definition) is 3. The van der Waals surface area contributed by atoms with Crippen LogP contribution in [0, 0.1) is 6.92 Å². The zero-order chi connectivity index (χ0) is 57.5. The van der Waals surface area contributed by atoms with E-state index in [1.807, 2.05) is 0 Å². The second-order valence-corrected chi connectivity index (χ2v) is 28.9. The van der Waals surface area contributed by atoms with Crippen molar-refractivity contribution >= 4 is 68.6 Å². The average Bonchev–Trinajstić information content (AvgIpc) is 2.19. The van der Waals surface area contributed by atoms with Gasteiger partial charge in [-0.25, -0.2) is 0 Å². The van der Waals surface area contributed by atoms with Crippen LogP contribution in [-0.2, 0) is 27.1 Å². The van der Waals surface area contributed by atoms with Crippen LogP contribution in [0.25, 0.3) is 22.3 Å². The third-order valence-corrected chi connectivity index (χ3v) is 19.4. The van der Waals surface area contributed by atoms with E-state index in [4.69, 9.17) is 0 Å². The molecule has 1 fully saturated rings. The van der Waals surface area contributed by atoms with E-state index in [1.54, 1.807) is 0 Å². The molecular weight excluding hydrogens is 990 g/mol. The highest BCUT2D eigenvalue weighted by Crippen LogP contribution is 2.64. The minimum atomic E-state index is -0.251. The van der Waals surface area contributed by atoms with Gasteiger partial charge in [0.05, 0.1) is 11.2 Å². The first-order chi connectivity index (χ1) is 39.0. The van der Waals surface area contributed by atoms with E-state index in [-0.39, 0.29) is 39.3 Å². The molecule has 0 saturated heterocycles. The molecule has 3 aliphatic heterocycles. The van der Waals surface area contributed by atoms with Crippen LogP contribution in [0.15, 0.2) is 194 Å². The van der Waals surface area contributed by atoms with Crippen LogP contribution in [0.3, 0.4) is 0 Å². The first-order valence-corrected chi connectivity index (χ1v) is 30.4. The summed E-state index contributed by atoms with van der Waals surface area (Å²) in [5.74, 6) is 0. The number of anilines is 8. The number of aryl methyl sites for hydroxylation is 1. The molecule has 9 aromatic rings. The summed E-state index contributed by atoms with van der Waals surface area (Å²) in [6.07, 6.45) is 4.57. The fourth-order valence-corrected chi connectivity index (χ4v) is 14.9. The summed E-state index contributed by atoms with van der Waals surface area (Å²) in [5.41, 5.74) is 27.8. The summed E-state index contributed by atoms with van der Waals surface area (Å²) >= 11 is 0. The maximum atomic E-state index is 2.82. The first-order valence-electron chi connectivity index (χ1n) is 30.4. The molecular formula is C78H82BN3. The van der Waals surface area contributed by atoms with Crippen molar-refractivity contribution in [1.82, 2.24) is 0 Å². The van der Waals surface area contributed by atoms with Crippen LogP contribution >= 0.6 is 0 Å². The van der Waals surface area contributed by atoms with Crippen molar-refractivity contribution < 1.29 is 0 Å². The molecule has 4 aliphatic rings. The Hall–Kier alpha value is -7.56. The largest absolute Gasteiger partial charge is 0.334 e. The molecule has 0 spiro atoms. The Morgan fingerprint density at radius 3 is 1.54 bits per heavy atom. The molecule has 0 radical (unpaired) electrons. The average molecular weight is 1070 g/mol. The second-order valence-electron chi connectivity index (χ2n) is 28.9. The molecule has 412 valence electrons. The van der Waals surface area contributed by atoms with Gasteiger partial charge >= 0.3 is 0 Å². The van der Waals surface area contributed by atoms with Crippen molar-refractivity contribution in [2.45, 2.75) is 155 Å². The molecule has 9 aromatic carbocycles. The van der Waals surface area contributed by atoms with Crippen molar-refractivity contribution in [3.05, 3.63) is 233 Å². The van der Waals surface area contributed by atoms with Gasteiger partial charge in [0.15, 0.2) is 0 Å². The van der Waals surface area contributed by atoms with Crippen LogP contribution in [-0.4, -0.2) is 12.3 Å². The van der Waals surface area contributed by atoms with Gasteiger partial charge < -0.3 is 14.7 Å². The van der Waals surface area contributed by atoms with Crippen molar-refractivity contribution in [1.29, 1.82) is 0 Å². The Labute approximate surface area is 491 Å². The standard InChI is InChI=1S/C78H82BN3/c1-51-45-70-72-71(46-51)81(66-41-34-58(75(8,9)10)48-62(66)53-25-19-16-20-26-53)68-40-27-54(52-23-17-15-18-24-52)47-65(68)79(72)64-39-38-61(50-69(64)80(70)60-36-32-56(33-37-60)74(5,6)7)82-67-42-35-59(76(11,12)13)49-63(67)78(44-22-21-43-77(78,82)14)57-30-28-55(29-31-57)73(2,3)4/h15-20,23-42,45-50H,21-22,43-44H2,1-14H3. The molecule has 4 heteroatoms. The maximum Gasteiger partial charge on any atom is 0.252 e. The Kier molecular flexibility index (Phi) is 12.4. The van der Waals surface area contributed by atoms with Gasteiger partial charge in [0.1, 0.15) is 0 Å². The predicted molar refractivity (Wildman–Crippen MR) is 354 cm³/mol. The summed E-state index contributed by atoms with van der Waals surface area (Å²) in [5, 5.41) is 0. The Morgan fingerprint density at radius 1 is 0.390 bits per heavy atom. The zero-order valence-corrected chi connectivity index (χ0v) is 51.2. The number of benzene rings is 9. The van der Waals surface area contributed by atoms with Gasteiger partial charge in [0, 0.05) is 50.8 Å². The van der Waals surface area contributed by atoms with Crippen LogP contribution in [0.5, 0.6) is 0 Å². The van der Waals surface area contributed by atoms with Crippen molar-refractivity contribution in [2.24, 2.45) is 0 Å². The minimum absolute atomic E-state index is 0.00375. The lowest BCUT2D eigenvalue weighted by molar-refractivity contribution is 0.215. The van der Waals surface area contributed by atoms with E-state index in [1.165, 1.54) is 136 Å². The van der Waals surface area contributed by atoms with Crippen molar-refractivity contribution in [3.63, 3.8) is 0 Å². The second kappa shape index (κ2) is 19.0. The molecule has 0 aromatic heterocycles. The Bertz CT molecular complexity index is 3940. The lowest BCUT2D eigenvalue weighted by Gasteiger charge is -2.52. The number of nitrogens with zero attached hydrogens (tertiary/aromatic N) is 3. The molecule has 2 unspecified atom stereocenters. The minimum Gasteiger partial charge on any atom is -0.334 e.